The summed E-state index contributed by atoms with van der Waals surface area (Å²) < 4.78 is 6.60. The number of nitrogens with one attached hydrogen (secondary N) is 1. The first kappa shape index (κ1) is 16.2. The van der Waals surface area contributed by atoms with Crippen LogP contribution in [-0.4, -0.2) is 22.6 Å². The molecule has 1 heterocycles. The van der Waals surface area contributed by atoms with Crippen molar-refractivity contribution in [3.05, 3.63) is 68.6 Å². The number of ether oxygens (including phenoxy) is 1. The Morgan fingerprint density at radius 2 is 1.96 bits per heavy atom. The van der Waals surface area contributed by atoms with Crippen molar-refractivity contribution in [2.45, 2.75) is 32.1 Å². The van der Waals surface area contributed by atoms with Crippen molar-refractivity contribution in [2.24, 2.45) is 0 Å². The van der Waals surface area contributed by atoms with Crippen LogP contribution in [0.4, 0.5) is 5.69 Å². The lowest BCUT2D eigenvalue weighted by Crippen LogP contribution is -3.11. The predicted octanol–water partition coefficient (Wildman–Crippen LogP) is 0.970. The van der Waals surface area contributed by atoms with Gasteiger partial charge >= 0.3 is 0 Å². The monoisotopic (exact) mass is 330 g/mol. The minimum absolute atomic E-state index is 0.0609. The Morgan fingerprint density at radius 3 is 2.54 bits per heavy atom. The first-order chi connectivity index (χ1) is 11.6. The van der Waals surface area contributed by atoms with Crippen LogP contribution in [-0.2, 0) is 13.2 Å². The van der Waals surface area contributed by atoms with E-state index in [4.69, 9.17) is 4.74 Å². The molecule has 2 aromatic rings. The van der Waals surface area contributed by atoms with Crippen molar-refractivity contribution in [3.8, 4) is 5.75 Å². The van der Waals surface area contributed by atoms with Crippen LogP contribution in [0.25, 0.3) is 0 Å². The van der Waals surface area contributed by atoms with Crippen molar-refractivity contribution in [1.29, 1.82) is 0 Å². The molecule has 1 aliphatic carbocycles. The number of benzene rings is 1. The summed E-state index contributed by atoms with van der Waals surface area (Å²) in [5.74, 6) is 0.807. The quantitative estimate of drug-likeness (QED) is 0.606. The Kier molecular flexibility index (Phi) is 4.61. The molecule has 7 nitrogen and oxygen atoms in total. The average molecular weight is 330 g/mol. The van der Waals surface area contributed by atoms with E-state index >= 15 is 0 Å². The van der Waals surface area contributed by atoms with Crippen LogP contribution < -0.4 is 15.2 Å². The Balaban J connectivity index is 1.78. The van der Waals surface area contributed by atoms with Crippen molar-refractivity contribution in [1.82, 2.24) is 4.57 Å². The van der Waals surface area contributed by atoms with Gasteiger partial charge in [0.2, 0.25) is 0 Å². The third-order valence-corrected chi connectivity index (χ3v) is 4.30. The van der Waals surface area contributed by atoms with Gasteiger partial charge in [0.15, 0.2) is 6.67 Å². The molecule has 1 fully saturated rings. The first-order valence-corrected chi connectivity index (χ1v) is 7.89. The van der Waals surface area contributed by atoms with E-state index in [-0.39, 0.29) is 11.2 Å². The normalized spacial score (nSPS) is 15.0. The second-order valence-electron chi connectivity index (χ2n) is 6.07. The largest absolute Gasteiger partial charge is 0.497 e. The Hall–Kier alpha value is -2.67. The number of hydrogen-bond donors (Lipinski definition) is 1. The van der Waals surface area contributed by atoms with Gasteiger partial charge in [-0.2, -0.15) is 0 Å². The summed E-state index contributed by atoms with van der Waals surface area (Å²) in [4.78, 5) is 23.7. The summed E-state index contributed by atoms with van der Waals surface area (Å²) in [6, 6.07) is 10.9. The molecule has 1 N–H and O–H groups in total. The number of pyridine rings is 1. The molecule has 3 rings (SSSR count). The molecule has 1 aromatic carbocycles. The molecule has 0 amide bonds. The molecule has 24 heavy (non-hydrogen) atoms. The summed E-state index contributed by atoms with van der Waals surface area (Å²) >= 11 is 0. The Labute approximate surface area is 139 Å². The van der Waals surface area contributed by atoms with Gasteiger partial charge in [-0.15, -0.1) is 0 Å². The van der Waals surface area contributed by atoms with Crippen LogP contribution >= 0.6 is 0 Å². The lowest BCUT2D eigenvalue weighted by molar-refractivity contribution is -0.947. The van der Waals surface area contributed by atoms with E-state index in [9.17, 15) is 14.9 Å². The van der Waals surface area contributed by atoms with E-state index in [0.29, 0.717) is 12.7 Å². The van der Waals surface area contributed by atoms with E-state index in [0.717, 1.165) is 30.7 Å². The second kappa shape index (κ2) is 6.84. The van der Waals surface area contributed by atoms with Crippen LogP contribution in [0.1, 0.15) is 18.4 Å². The zero-order valence-electron chi connectivity index (χ0n) is 13.5. The fourth-order valence-corrected chi connectivity index (χ4v) is 2.80. The first-order valence-electron chi connectivity index (χ1n) is 7.89. The smallest absolute Gasteiger partial charge is 0.285 e. The molecule has 1 atom stereocenters. The van der Waals surface area contributed by atoms with Crippen LogP contribution in [0.15, 0.2) is 47.4 Å². The van der Waals surface area contributed by atoms with Gasteiger partial charge in [0, 0.05) is 30.5 Å². The maximum absolute atomic E-state index is 12.0. The zero-order valence-corrected chi connectivity index (χ0v) is 13.5. The molecule has 126 valence electrons. The highest BCUT2D eigenvalue weighted by Gasteiger charge is 2.33. The van der Waals surface area contributed by atoms with Crippen LogP contribution in [0, 0.1) is 10.1 Å². The van der Waals surface area contributed by atoms with E-state index < -0.39 is 4.92 Å². The zero-order chi connectivity index (χ0) is 17.1. The van der Waals surface area contributed by atoms with E-state index in [2.05, 4.69) is 0 Å². The highest BCUT2D eigenvalue weighted by Crippen LogP contribution is 2.17. The summed E-state index contributed by atoms with van der Waals surface area (Å²) in [5, 5.41) is 10.9. The standard InChI is InChI=1S/C17H19N3O4/c1-24-16-7-2-13(3-8-16)10-18(14-4-5-14)12-19-11-15(20(22)23)6-9-17(19)21/h2-3,6-9,11,14H,4-5,10,12H2,1H3/p+1. The van der Waals surface area contributed by atoms with Gasteiger partial charge in [-0.1, -0.05) is 0 Å². The molecular weight excluding hydrogens is 310 g/mol. The number of quaternary nitrogens is 1. The van der Waals surface area contributed by atoms with Crippen LogP contribution in [0.3, 0.4) is 0 Å². The third-order valence-electron chi connectivity index (χ3n) is 4.30. The fourth-order valence-electron chi connectivity index (χ4n) is 2.80. The molecule has 7 heteroatoms. The van der Waals surface area contributed by atoms with E-state index in [1.165, 1.54) is 27.8 Å². The van der Waals surface area contributed by atoms with Gasteiger partial charge in [0.25, 0.3) is 11.2 Å². The summed E-state index contributed by atoms with van der Waals surface area (Å²) in [7, 11) is 1.63. The van der Waals surface area contributed by atoms with Crippen LogP contribution in [0.5, 0.6) is 5.75 Å². The topological polar surface area (TPSA) is 78.8 Å². The maximum atomic E-state index is 12.0. The average Bonchev–Trinajstić information content (AvgIpc) is 3.41. The molecule has 1 aromatic heterocycles. The molecule has 0 saturated heterocycles. The van der Waals surface area contributed by atoms with Gasteiger partial charge in [-0.25, -0.2) is 0 Å². The number of rotatable bonds is 7. The summed E-state index contributed by atoms with van der Waals surface area (Å²) in [6.07, 6.45) is 3.57. The minimum atomic E-state index is -0.476. The van der Waals surface area contributed by atoms with Crippen molar-refractivity contribution in [3.63, 3.8) is 0 Å². The molecule has 1 unspecified atom stereocenters. The fraction of sp³-hybridized carbons (Fsp3) is 0.353. The van der Waals surface area contributed by atoms with Crippen molar-refractivity contribution in [2.75, 3.05) is 7.11 Å². The number of methoxy groups -OCH3 is 1. The highest BCUT2D eigenvalue weighted by molar-refractivity contribution is 5.26. The van der Waals surface area contributed by atoms with Gasteiger partial charge in [-0.05, 0) is 24.3 Å². The Morgan fingerprint density at radius 1 is 1.25 bits per heavy atom. The van der Waals surface area contributed by atoms with E-state index in [1.807, 2.05) is 24.3 Å². The second-order valence-corrected chi connectivity index (χ2v) is 6.07. The molecule has 1 aliphatic rings. The molecule has 0 spiro atoms. The Bertz CT molecular complexity index is 781. The van der Waals surface area contributed by atoms with Gasteiger partial charge < -0.3 is 9.64 Å². The molecular formula is C17H20N3O4+. The summed E-state index contributed by atoms with van der Waals surface area (Å²) in [5.41, 5.74) is 0.874. The lowest BCUT2D eigenvalue weighted by atomic mass is 10.2. The number of aromatic nitrogens is 1. The highest BCUT2D eigenvalue weighted by atomic mass is 16.6. The van der Waals surface area contributed by atoms with Gasteiger partial charge in [0.1, 0.15) is 12.3 Å². The van der Waals surface area contributed by atoms with Gasteiger partial charge in [-0.3, -0.25) is 19.5 Å². The SMILES string of the molecule is COc1ccc(C[NH+](Cn2cc([N+](=O)[O-])ccc2=O)C2CC2)cc1. The molecule has 0 radical (unpaired) electrons. The maximum Gasteiger partial charge on any atom is 0.285 e. The van der Waals surface area contributed by atoms with Crippen LogP contribution in [0.2, 0.25) is 0 Å². The van der Waals surface area contributed by atoms with Gasteiger partial charge in [0.05, 0.1) is 24.3 Å². The summed E-state index contributed by atoms with van der Waals surface area (Å²) in [6.45, 7) is 1.20. The minimum Gasteiger partial charge on any atom is -0.497 e. The third kappa shape index (κ3) is 3.80. The predicted molar refractivity (Wildman–Crippen MR) is 88.0 cm³/mol. The number of nitrogens with zero attached hydrogens (tertiary/aromatic N) is 2. The molecule has 0 bridgehead atoms. The number of hydrogen-bond acceptors (Lipinski definition) is 4. The molecule has 0 aliphatic heterocycles. The van der Waals surface area contributed by atoms with E-state index in [1.54, 1.807) is 7.11 Å². The lowest BCUT2D eigenvalue weighted by Gasteiger charge is -2.20. The van der Waals surface area contributed by atoms with Crippen molar-refractivity contribution < 1.29 is 14.6 Å². The number of nitro groups is 1. The molecule has 1 saturated carbocycles. The van der Waals surface area contributed by atoms with Crippen molar-refractivity contribution >= 4 is 5.69 Å².